The van der Waals surface area contributed by atoms with Gasteiger partial charge in [0, 0.05) is 16.3 Å². The van der Waals surface area contributed by atoms with Crippen molar-refractivity contribution in [1.82, 2.24) is 10.9 Å². The van der Waals surface area contributed by atoms with Crippen LogP contribution in [0.1, 0.15) is 22.8 Å². The lowest BCUT2D eigenvalue weighted by molar-refractivity contribution is 0.0944. The first-order valence-corrected chi connectivity index (χ1v) is 7.59. The second-order valence-corrected chi connectivity index (χ2v) is 5.44. The van der Waals surface area contributed by atoms with E-state index < -0.39 is 0 Å². The maximum absolute atomic E-state index is 11.9. The summed E-state index contributed by atoms with van der Waals surface area (Å²) in [5, 5.41) is 3.83. The number of anilines is 1. The van der Waals surface area contributed by atoms with Crippen molar-refractivity contribution in [1.29, 1.82) is 0 Å². The third-order valence-corrected chi connectivity index (χ3v) is 3.41. The highest BCUT2D eigenvalue weighted by molar-refractivity contribution is 7.80. The summed E-state index contributed by atoms with van der Waals surface area (Å²) >= 11 is 11.0. The van der Waals surface area contributed by atoms with E-state index in [-0.39, 0.29) is 5.91 Å². The summed E-state index contributed by atoms with van der Waals surface area (Å²) in [6.07, 6.45) is 0.946. The third-order valence-electron chi connectivity index (χ3n) is 2.97. The van der Waals surface area contributed by atoms with Gasteiger partial charge in [0.25, 0.3) is 5.91 Å². The standard InChI is InChI=1S/C16H16ClN3OS/c1-2-11-5-3-8-14(9-11)18-16(22)20-19-15(21)12-6-4-7-13(17)10-12/h3-10H,2H2,1H3,(H,19,21)(H2,18,20,22). The van der Waals surface area contributed by atoms with Gasteiger partial charge < -0.3 is 5.32 Å². The summed E-state index contributed by atoms with van der Waals surface area (Å²) in [5.41, 5.74) is 7.72. The van der Waals surface area contributed by atoms with E-state index in [4.69, 9.17) is 23.8 Å². The molecule has 0 spiro atoms. The van der Waals surface area contributed by atoms with Gasteiger partial charge in [0.2, 0.25) is 0 Å². The highest BCUT2D eigenvalue weighted by atomic mass is 35.5. The molecule has 0 heterocycles. The summed E-state index contributed by atoms with van der Waals surface area (Å²) in [6.45, 7) is 2.08. The van der Waals surface area contributed by atoms with Crippen molar-refractivity contribution in [2.75, 3.05) is 5.32 Å². The fourth-order valence-corrected chi connectivity index (χ4v) is 2.21. The SMILES string of the molecule is CCc1cccc(NC(=S)NNC(=O)c2cccc(Cl)c2)c1. The van der Waals surface area contributed by atoms with Crippen molar-refractivity contribution in [2.45, 2.75) is 13.3 Å². The molecule has 2 aromatic carbocycles. The average Bonchev–Trinajstić information content (AvgIpc) is 2.52. The van der Waals surface area contributed by atoms with Crippen LogP contribution in [0.25, 0.3) is 0 Å². The summed E-state index contributed by atoms with van der Waals surface area (Å²) in [4.78, 5) is 11.9. The average molecular weight is 334 g/mol. The largest absolute Gasteiger partial charge is 0.331 e. The molecule has 0 aliphatic heterocycles. The van der Waals surface area contributed by atoms with Gasteiger partial charge in [-0.15, -0.1) is 0 Å². The van der Waals surface area contributed by atoms with E-state index in [9.17, 15) is 4.79 Å². The maximum Gasteiger partial charge on any atom is 0.269 e. The van der Waals surface area contributed by atoms with Crippen molar-refractivity contribution in [3.63, 3.8) is 0 Å². The van der Waals surface area contributed by atoms with Crippen LogP contribution in [0.5, 0.6) is 0 Å². The molecular weight excluding hydrogens is 318 g/mol. The molecule has 0 fully saturated rings. The minimum Gasteiger partial charge on any atom is -0.331 e. The smallest absolute Gasteiger partial charge is 0.269 e. The first kappa shape index (κ1) is 16.3. The van der Waals surface area contributed by atoms with Crippen LogP contribution in [0.15, 0.2) is 48.5 Å². The van der Waals surface area contributed by atoms with E-state index in [0.29, 0.717) is 15.7 Å². The Bertz CT molecular complexity index is 691. The second kappa shape index (κ2) is 7.77. The highest BCUT2D eigenvalue weighted by Crippen LogP contribution is 2.11. The summed E-state index contributed by atoms with van der Waals surface area (Å²) < 4.78 is 0. The molecule has 0 unspecified atom stereocenters. The lowest BCUT2D eigenvalue weighted by atomic mass is 10.1. The number of carbonyl (C=O) groups excluding carboxylic acids is 1. The zero-order valence-electron chi connectivity index (χ0n) is 12.0. The van der Waals surface area contributed by atoms with E-state index in [2.05, 4.69) is 23.1 Å². The number of rotatable bonds is 3. The molecule has 2 rings (SSSR count). The van der Waals surface area contributed by atoms with Gasteiger partial charge in [0.05, 0.1) is 0 Å². The number of aryl methyl sites for hydroxylation is 1. The Morgan fingerprint density at radius 1 is 1.14 bits per heavy atom. The van der Waals surface area contributed by atoms with Crippen LogP contribution in [0.2, 0.25) is 5.02 Å². The lowest BCUT2D eigenvalue weighted by Crippen LogP contribution is -2.43. The minimum atomic E-state index is -0.311. The van der Waals surface area contributed by atoms with Gasteiger partial charge in [-0.05, 0) is 54.5 Å². The predicted molar refractivity (Wildman–Crippen MR) is 94.1 cm³/mol. The fraction of sp³-hybridized carbons (Fsp3) is 0.125. The normalized spacial score (nSPS) is 9.91. The van der Waals surface area contributed by atoms with Crippen LogP contribution < -0.4 is 16.2 Å². The fourth-order valence-electron chi connectivity index (χ4n) is 1.85. The van der Waals surface area contributed by atoms with Crippen LogP contribution in [0.3, 0.4) is 0 Å². The van der Waals surface area contributed by atoms with Gasteiger partial charge in [0.15, 0.2) is 5.11 Å². The first-order valence-electron chi connectivity index (χ1n) is 6.80. The highest BCUT2D eigenvalue weighted by Gasteiger charge is 2.06. The molecule has 0 aliphatic rings. The van der Waals surface area contributed by atoms with Crippen molar-refractivity contribution in [2.24, 2.45) is 0 Å². The van der Waals surface area contributed by atoms with E-state index >= 15 is 0 Å². The summed E-state index contributed by atoms with van der Waals surface area (Å²) in [7, 11) is 0. The number of amides is 1. The summed E-state index contributed by atoms with van der Waals surface area (Å²) in [5.74, 6) is -0.311. The number of carbonyl (C=O) groups is 1. The van der Waals surface area contributed by atoms with Crippen molar-refractivity contribution in [3.05, 3.63) is 64.7 Å². The Morgan fingerprint density at radius 3 is 2.64 bits per heavy atom. The first-order chi connectivity index (χ1) is 10.6. The molecule has 0 saturated carbocycles. The topological polar surface area (TPSA) is 53.2 Å². The third kappa shape index (κ3) is 4.72. The monoisotopic (exact) mass is 333 g/mol. The molecule has 114 valence electrons. The molecule has 0 aliphatic carbocycles. The van der Waals surface area contributed by atoms with E-state index in [1.54, 1.807) is 24.3 Å². The number of thiocarbonyl (C=S) groups is 1. The molecule has 0 radical (unpaired) electrons. The van der Waals surface area contributed by atoms with E-state index in [0.717, 1.165) is 12.1 Å². The number of hydrazine groups is 1. The van der Waals surface area contributed by atoms with Crippen LogP contribution in [-0.2, 0) is 6.42 Å². The van der Waals surface area contributed by atoms with Gasteiger partial charge in [0.1, 0.15) is 0 Å². The zero-order valence-corrected chi connectivity index (χ0v) is 13.6. The van der Waals surface area contributed by atoms with Crippen LogP contribution in [0, 0.1) is 0 Å². The van der Waals surface area contributed by atoms with Gasteiger partial charge in [-0.25, -0.2) is 0 Å². The number of nitrogens with one attached hydrogen (secondary N) is 3. The van der Waals surface area contributed by atoms with E-state index in [1.165, 1.54) is 5.56 Å². The van der Waals surface area contributed by atoms with Gasteiger partial charge in [-0.2, -0.15) is 0 Å². The minimum absolute atomic E-state index is 0.309. The molecule has 4 nitrogen and oxygen atoms in total. The van der Waals surface area contributed by atoms with Crippen LogP contribution >= 0.6 is 23.8 Å². The van der Waals surface area contributed by atoms with Crippen molar-refractivity contribution in [3.8, 4) is 0 Å². The second-order valence-electron chi connectivity index (χ2n) is 4.60. The molecule has 6 heteroatoms. The van der Waals surface area contributed by atoms with Crippen LogP contribution in [0.4, 0.5) is 5.69 Å². The van der Waals surface area contributed by atoms with Gasteiger partial charge in [-0.3, -0.25) is 15.6 Å². The van der Waals surface area contributed by atoms with Gasteiger partial charge in [-0.1, -0.05) is 36.7 Å². The Hall–Kier alpha value is -2.11. The Morgan fingerprint density at radius 2 is 1.91 bits per heavy atom. The molecule has 3 N–H and O–H groups in total. The Labute approximate surface area is 139 Å². The molecule has 1 amide bonds. The molecule has 0 bridgehead atoms. The zero-order chi connectivity index (χ0) is 15.9. The Kier molecular flexibility index (Phi) is 5.75. The maximum atomic E-state index is 11.9. The number of halogens is 1. The number of benzene rings is 2. The number of hydrogen-bond acceptors (Lipinski definition) is 2. The predicted octanol–water partition coefficient (Wildman–Crippen LogP) is 3.53. The van der Waals surface area contributed by atoms with Crippen molar-refractivity contribution < 1.29 is 4.79 Å². The lowest BCUT2D eigenvalue weighted by Gasteiger charge is -2.12. The quantitative estimate of drug-likeness (QED) is 0.594. The van der Waals surface area contributed by atoms with Crippen LogP contribution in [-0.4, -0.2) is 11.0 Å². The molecule has 0 aromatic heterocycles. The van der Waals surface area contributed by atoms with Crippen molar-refractivity contribution >= 4 is 40.5 Å². The molecule has 22 heavy (non-hydrogen) atoms. The van der Waals surface area contributed by atoms with E-state index in [1.807, 2.05) is 24.3 Å². The summed E-state index contributed by atoms with van der Waals surface area (Å²) in [6, 6.07) is 14.6. The molecular formula is C16H16ClN3OS. The number of hydrogen-bond donors (Lipinski definition) is 3. The van der Waals surface area contributed by atoms with Gasteiger partial charge >= 0.3 is 0 Å². The molecule has 0 saturated heterocycles. The Balaban J connectivity index is 1.88. The molecule has 0 atom stereocenters. The molecule has 2 aromatic rings.